The van der Waals surface area contributed by atoms with E-state index in [2.05, 4.69) is 5.32 Å². The minimum absolute atomic E-state index is 0.206. The summed E-state index contributed by atoms with van der Waals surface area (Å²) in [5.74, 6) is -2.71. The third-order valence-corrected chi connectivity index (χ3v) is 6.76. The fourth-order valence-corrected chi connectivity index (χ4v) is 5.56. The van der Waals surface area contributed by atoms with Crippen LogP contribution in [-0.2, 0) is 23.2 Å². The molecule has 2 fully saturated rings. The van der Waals surface area contributed by atoms with Gasteiger partial charge >= 0.3 is 7.60 Å². The van der Waals surface area contributed by atoms with E-state index < -0.39 is 25.2 Å². The molecule has 2 aliphatic rings. The molecule has 1 N–H and O–H groups in total. The molecule has 130 valence electrons. The van der Waals surface area contributed by atoms with Crippen molar-refractivity contribution < 1.29 is 23.2 Å². The molecule has 24 heavy (non-hydrogen) atoms. The number of fused-ring (bicyclic) bond motifs is 1. The molecule has 0 unspecified atom stereocenters. The summed E-state index contributed by atoms with van der Waals surface area (Å²) in [6.07, 6.45) is 0. The molecule has 2 aliphatic heterocycles. The van der Waals surface area contributed by atoms with Crippen LogP contribution < -0.4 is 10.2 Å². The third-order valence-electron chi connectivity index (χ3n) is 4.34. The lowest BCUT2D eigenvalue weighted by molar-refractivity contribution is -0.122. The van der Waals surface area contributed by atoms with Crippen LogP contribution in [-0.4, -0.2) is 37.4 Å². The number of amides is 2. The second-order valence-electron chi connectivity index (χ2n) is 5.71. The van der Waals surface area contributed by atoms with Crippen LogP contribution in [0, 0.1) is 11.8 Å². The first-order valence-electron chi connectivity index (χ1n) is 8.08. The number of carbonyl (C=O) groups excluding carboxylic acids is 2. The molecule has 3 rings (SSSR count). The summed E-state index contributed by atoms with van der Waals surface area (Å²) in [5, 5.41) is 3.02. The standard InChI is InChI=1S/C16H21N2O5P/c1-3-22-24(21,23-4-2)14-13-12(10-17-14)15(19)18(16(13)20)11-8-6-5-7-9-11/h5-9,12-14,17H,3-4,10H2,1-2H3/t12-,13-,14+/m1/s1. The predicted octanol–water partition coefficient (Wildman–Crippen LogP) is 1.99. The zero-order chi connectivity index (χ0) is 17.3. The summed E-state index contributed by atoms with van der Waals surface area (Å²) in [5.41, 5.74) is 0.531. The van der Waals surface area contributed by atoms with Gasteiger partial charge in [0, 0.05) is 6.54 Å². The van der Waals surface area contributed by atoms with Crippen LogP contribution in [0.2, 0.25) is 0 Å². The Morgan fingerprint density at radius 3 is 2.33 bits per heavy atom. The van der Waals surface area contributed by atoms with Crippen LogP contribution >= 0.6 is 7.60 Å². The van der Waals surface area contributed by atoms with Crippen LogP contribution in [0.3, 0.4) is 0 Å². The highest BCUT2D eigenvalue weighted by atomic mass is 31.2. The van der Waals surface area contributed by atoms with Gasteiger partial charge in [-0.15, -0.1) is 0 Å². The number of carbonyl (C=O) groups is 2. The monoisotopic (exact) mass is 352 g/mol. The average molecular weight is 352 g/mol. The van der Waals surface area contributed by atoms with E-state index >= 15 is 0 Å². The number of benzene rings is 1. The molecular weight excluding hydrogens is 331 g/mol. The highest BCUT2D eigenvalue weighted by Crippen LogP contribution is 2.58. The van der Waals surface area contributed by atoms with Crippen LogP contribution in [0.15, 0.2) is 30.3 Å². The van der Waals surface area contributed by atoms with Gasteiger partial charge in [-0.25, -0.2) is 4.90 Å². The Kier molecular flexibility index (Phi) is 4.88. The minimum Gasteiger partial charge on any atom is -0.308 e. The number of hydrogen-bond donors (Lipinski definition) is 1. The van der Waals surface area contributed by atoms with Crippen LogP contribution in [0.1, 0.15) is 13.8 Å². The first-order valence-corrected chi connectivity index (χ1v) is 9.69. The Labute approximate surface area is 140 Å². The third kappa shape index (κ3) is 2.71. The normalized spacial score (nSPS) is 26.9. The Balaban J connectivity index is 1.93. The number of nitrogens with zero attached hydrogens (tertiary/aromatic N) is 1. The summed E-state index contributed by atoms with van der Waals surface area (Å²) in [7, 11) is -3.53. The van der Waals surface area contributed by atoms with E-state index in [-0.39, 0.29) is 31.6 Å². The van der Waals surface area contributed by atoms with Crippen molar-refractivity contribution in [2.24, 2.45) is 11.8 Å². The van der Waals surface area contributed by atoms with E-state index in [0.29, 0.717) is 5.69 Å². The maximum atomic E-state index is 13.1. The van der Waals surface area contributed by atoms with Gasteiger partial charge in [0.25, 0.3) is 0 Å². The molecule has 2 heterocycles. The number of para-hydroxylation sites is 1. The molecular formula is C16H21N2O5P. The van der Waals surface area contributed by atoms with Gasteiger partial charge in [0.2, 0.25) is 11.8 Å². The van der Waals surface area contributed by atoms with Gasteiger partial charge in [-0.3, -0.25) is 14.2 Å². The summed E-state index contributed by atoms with van der Waals surface area (Å²) in [6, 6.07) is 8.78. The summed E-state index contributed by atoms with van der Waals surface area (Å²) in [4.78, 5) is 26.8. The van der Waals surface area contributed by atoms with Crippen molar-refractivity contribution in [1.29, 1.82) is 0 Å². The van der Waals surface area contributed by atoms with Crippen LogP contribution in [0.25, 0.3) is 0 Å². The molecule has 2 saturated heterocycles. The number of nitrogens with one attached hydrogen (secondary N) is 1. The Hall–Kier alpha value is -1.53. The topological polar surface area (TPSA) is 84.9 Å². The van der Waals surface area contributed by atoms with E-state index in [1.54, 1.807) is 38.1 Å². The van der Waals surface area contributed by atoms with Crippen molar-refractivity contribution in [2.45, 2.75) is 19.6 Å². The molecule has 0 saturated carbocycles. The van der Waals surface area contributed by atoms with E-state index in [4.69, 9.17) is 9.05 Å². The SMILES string of the molecule is CCOP(=O)(OCC)[C@@H]1NC[C@H]2C(=O)N(c3ccccc3)C(=O)[C@@H]12. The maximum absolute atomic E-state index is 13.1. The fraction of sp³-hybridized carbons (Fsp3) is 0.500. The van der Waals surface area contributed by atoms with E-state index in [1.807, 2.05) is 6.07 Å². The van der Waals surface area contributed by atoms with Crippen LogP contribution in [0.5, 0.6) is 0 Å². The molecule has 8 heteroatoms. The lowest BCUT2D eigenvalue weighted by atomic mass is 9.99. The van der Waals surface area contributed by atoms with Gasteiger partial charge in [-0.05, 0) is 26.0 Å². The van der Waals surface area contributed by atoms with Crippen molar-refractivity contribution >= 4 is 25.1 Å². The smallest absolute Gasteiger partial charge is 0.308 e. The van der Waals surface area contributed by atoms with Crippen molar-refractivity contribution in [2.75, 3.05) is 24.7 Å². The second-order valence-corrected chi connectivity index (χ2v) is 7.86. The molecule has 1 aromatic carbocycles. The molecule has 7 nitrogen and oxygen atoms in total. The van der Waals surface area contributed by atoms with Gasteiger partial charge in [0.1, 0.15) is 5.78 Å². The predicted molar refractivity (Wildman–Crippen MR) is 88.6 cm³/mol. The minimum atomic E-state index is -3.53. The lowest BCUT2D eigenvalue weighted by Crippen LogP contribution is -2.39. The fourth-order valence-electron chi connectivity index (χ4n) is 3.39. The van der Waals surface area contributed by atoms with Crippen molar-refractivity contribution in [3.8, 4) is 0 Å². The largest absolute Gasteiger partial charge is 0.348 e. The number of imide groups is 1. The molecule has 0 aliphatic carbocycles. The van der Waals surface area contributed by atoms with E-state index in [9.17, 15) is 14.2 Å². The quantitative estimate of drug-likeness (QED) is 0.623. The van der Waals surface area contributed by atoms with Gasteiger partial charge in [0.15, 0.2) is 0 Å². The summed E-state index contributed by atoms with van der Waals surface area (Å²) >= 11 is 0. The first kappa shape index (κ1) is 17.3. The highest BCUT2D eigenvalue weighted by molar-refractivity contribution is 7.54. The summed E-state index contributed by atoms with van der Waals surface area (Å²) < 4.78 is 23.8. The molecule has 0 aromatic heterocycles. The molecule has 3 atom stereocenters. The number of rotatable bonds is 6. The molecule has 2 amide bonds. The number of hydrogen-bond acceptors (Lipinski definition) is 6. The van der Waals surface area contributed by atoms with Crippen LogP contribution in [0.4, 0.5) is 5.69 Å². The second kappa shape index (κ2) is 6.76. The van der Waals surface area contributed by atoms with Gasteiger partial charge in [-0.1, -0.05) is 18.2 Å². The lowest BCUT2D eigenvalue weighted by Gasteiger charge is -2.26. The van der Waals surface area contributed by atoms with Crippen molar-refractivity contribution in [3.63, 3.8) is 0 Å². The first-order chi connectivity index (χ1) is 11.5. The van der Waals surface area contributed by atoms with E-state index in [0.717, 1.165) is 0 Å². The average Bonchev–Trinajstić information content (AvgIpc) is 3.10. The number of anilines is 1. The maximum Gasteiger partial charge on any atom is 0.348 e. The zero-order valence-electron chi connectivity index (χ0n) is 13.7. The van der Waals surface area contributed by atoms with Crippen molar-refractivity contribution in [1.82, 2.24) is 5.32 Å². The summed E-state index contributed by atoms with van der Waals surface area (Å²) in [6.45, 7) is 4.13. The Morgan fingerprint density at radius 1 is 1.12 bits per heavy atom. The van der Waals surface area contributed by atoms with Gasteiger partial charge in [-0.2, -0.15) is 0 Å². The molecule has 0 radical (unpaired) electrons. The molecule has 1 aromatic rings. The molecule has 0 spiro atoms. The van der Waals surface area contributed by atoms with E-state index in [1.165, 1.54) is 4.90 Å². The van der Waals surface area contributed by atoms with Crippen molar-refractivity contribution in [3.05, 3.63) is 30.3 Å². The highest BCUT2D eigenvalue weighted by Gasteiger charge is 2.60. The Bertz CT molecular complexity index is 670. The van der Waals surface area contributed by atoms with Gasteiger partial charge < -0.3 is 14.4 Å². The Morgan fingerprint density at radius 2 is 1.75 bits per heavy atom. The van der Waals surface area contributed by atoms with Gasteiger partial charge in [0.05, 0.1) is 30.7 Å². The zero-order valence-corrected chi connectivity index (χ0v) is 14.6. The molecule has 0 bridgehead atoms.